The summed E-state index contributed by atoms with van der Waals surface area (Å²) in [6.07, 6.45) is 1.16. The van der Waals surface area contributed by atoms with Gasteiger partial charge in [-0.05, 0) is 25.1 Å². The molecule has 116 valence electrons. The van der Waals surface area contributed by atoms with Crippen LogP contribution in [0.5, 0.6) is 0 Å². The van der Waals surface area contributed by atoms with E-state index < -0.39 is 6.03 Å². The van der Waals surface area contributed by atoms with E-state index in [2.05, 4.69) is 27.7 Å². The molecule has 6 heteroatoms. The van der Waals surface area contributed by atoms with Crippen molar-refractivity contribution >= 4 is 11.9 Å². The summed E-state index contributed by atoms with van der Waals surface area (Å²) in [5.74, 6) is -0.278. The van der Waals surface area contributed by atoms with Crippen molar-refractivity contribution in [1.29, 1.82) is 0 Å². The number of urea groups is 1. The van der Waals surface area contributed by atoms with Crippen molar-refractivity contribution in [3.63, 3.8) is 0 Å². The SMILES string of the molecule is CNC(=O)NC(=O)CCN(CCCN)Cc1ccccc1. The predicted molar refractivity (Wildman–Crippen MR) is 82.6 cm³/mol. The van der Waals surface area contributed by atoms with E-state index in [0.717, 1.165) is 19.5 Å². The Bertz CT molecular complexity index is 437. The fraction of sp³-hybridized carbons (Fsp3) is 0.467. The Kier molecular flexibility index (Phi) is 8.08. The maximum Gasteiger partial charge on any atom is 0.321 e. The van der Waals surface area contributed by atoms with Gasteiger partial charge < -0.3 is 11.1 Å². The number of hydrogen-bond acceptors (Lipinski definition) is 4. The molecule has 0 saturated carbocycles. The van der Waals surface area contributed by atoms with Gasteiger partial charge in [-0.25, -0.2) is 4.79 Å². The van der Waals surface area contributed by atoms with Crippen molar-refractivity contribution in [3.8, 4) is 0 Å². The smallest absolute Gasteiger partial charge is 0.321 e. The lowest BCUT2D eigenvalue weighted by Gasteiger charge is -2.21. The number of amides is 3. The average Bonchev–Trinajstić information content (AvgIpc) is 2.50. The summed E-state index contributed by atoms with van der Waals surface area (Å²) in [7, 11) is 1.48. The van der Waals surface area contributed by atoms with E-state index in [4.69, 9.17) is 5.73 Å². The van der Waals surface area contributed by atoms with E-state index in [1.165, 1.54) is 12.6 Å². The van der Waals surface area contributed by atoms with Crippen molar-refractivity contribution in [3.05, 3.63) is 35.9 Å². The van der Waals surface area contributed by atoms with Crippen LogP contribution in [0.15, 0.2) is 30.3 Å². The molecule has 0 aromatic heterocycles. The summed E-state index contributed by atoms with van der Waals surface area (Å²) >= 11 is 0. The van der Waals surface area contributed by atoms with Gasteiger partial charge in [0.2, 0.25) is 5.91 Å². The van der Waals surface area contributed by atoms with Crippen molar-refractivity contribution < 1.29 is 9.59 Å². The van der Waals surface area contributed by atoms with E-state index in [-0.39, 0.29) is 12.3 Å². The topological polar surface area (TPSA) is 87.5 Å². The minimum absolute atomic E-state index is 0.278. The van der Waals surface area contributed by atoms with Gasteiger partial charge in [0.25, 0.3) is 0 Å². The zero-order chi connectivity index (χ0) is 15.5. The Labute approximate surface area is 125 Å². The van der Waals surface area contributed by atoms with Gasteiger partial charge in [-0.3, -0.25) is 15.0 Å². The van der Waals surface area contributed by atoms with Gasteiger partial charge in [-0.1, -0.05) is 30.3 Å². The monoisotopic (exact) mass is 292 g/mol. The van der Waals surface area contributed by atoms with Gasteiger partial charge in [0.05, 0.1) is 0 Å². The summed E-state index contributed by atoms with van der Waals surface area (Å²) in [6.45, 7) is 2.82. The predicted octanol–water partition coefficient (Wildman–Crippen LogP) is 0.683. The highest BCUT2D eigenvalue weighted by Crippen LogP contribution is 2.05. The second kappa shape index (κ2) is 9.90. The molecule has 0 spiro atoms. The highest BCUT2D eigenvalue weighted by molar-refractivity contribution is 5.94. The molecule has 0 heterocycles. The Morgan fingerprint density at radius 1 is 1.19 bits per heavy atom. The molecule has 0 aliphatic carbocycles. The van der Waals surface area contributed by atoms with Crippen molar-refractivity contribution in [2.24, 2.45) is 5.73 Å². The lowest BCUT2D eigenvalue weighted by molar-refractivity contribution is -0.120. The number of carbonyl (C=O) groups excluding carboxylic acids is 2. The third-order valence-corrected chi connectivity index (χ3v) is 3.06. The van der Waals surface area contributed by atoms with Crippen LogP contribution in [0.1, 0.15) is 18.4 Å². The lowest BCUT2D eigenvalue weighted by Crippen LogP contribution is -2.39. The molecule has 0 aliphatic rings. The van der Waals surface area contributed by atoms with Crippen LogP contribution >= 0.6 is 0 Å². The van der Waals surface area contributed by atoms with Crippen LogP contribution in [-0.2, 0) is 11.3 Å². The van der Waals surface area contributed by atoms with E-state index >= 15 is 0 Å². The summed E-state index contributed by atoms with van der Waals surface area (Å²) in [6, 6.07) is 9.60. The second-order valence-electron chi connectivity index (χ2n) is 4.78. The van der Waals surface area contributed by atoms with Gasteiger partial charge in [0.1, 0.15) is 0 Å². The van der Waals surface area contributed by atoms with Crippen LogP contribution in [-0.4, -0.2) is 43.5 Å². The fourth-order valence-corrected chi connectivity index (χ4v) is 1.94. The Balaban J connectivity index is 2.46. The van der Waals surface area contributed by atoms with Crippen LogP contribution < -0.4 is 16.4 Å². The number of benzene rings is 1. The standard InChI is InChI=1S/C15H24N4O2/c1-17-15(21)18-14(20)8-11-19(10-5-9-16)12-13-6-3-2-4-7-13/h2-4,6-7H,5,8-12,16H2,1H3,(H2,17,18,20,21). The van der Waals surface area contributed by atoms with E-state index in [1.807, 2.05) is 18.2 Å². The van der Waals surface area contributed by atoms with Crippen LogP contribution in [0, 0.1) is 0 Å². The number of rotatable bonds is 8. The molecule has 0 unspecified atom stereocenters. The quantitative estimate of drug-likeness (QED) is 0.657. The summed E-state index contributed by atoms with van der Waals surface area (Å²) in [4.78, 5) is 24.8. The first kappa shape index (κ1) is 17.1. The number of imide groups is 1. The minimum atomic E-state index is -0.475. The summed E-state index contributed by atoms with van der Waals surface area (Å²) in [5, 5.41) is 4.62. The van der Waals surface area contributed by atoms with Gasteiger partial charge in [0.15, 0.2) is 0 Å². The maximum atomic E-state index is 11.6. The Morgan fingerprint density at radius 3 is 2.52 bits per heavy atom. The molecule has 0 fully saturated rings. The van der Waals surface area contributed by atoms with Gasteiger partial charge >= 0.3 is 6.03 Å². The highest BCUT2D eigenvalue weighted by Gasteiger charge is 2.10. The molecule has 1 rings (SSSR count). The zero-order valence-corrected chi connectivity index (χ0v) is 12.5. The van der Waals surface area contributed by atoms with Gasteiger partial charge in [0, 0.05) is 26.6 Å². The molecule has 0 atom stereocenters. The molecule has 0 radical (unpaired) electrons. The molecule has 0 saturated heterocycles. The van der Waals surface area contributed by atoms with Crippen LogP contribution in [0.25, 0.3) is 0 Å². The molecule has 3 amide bonds. The first-order valence-corrected chi connectivity index (χ1v) is 7.13. The van der Waals surface area contributed by atoms with Gasteiger partial charge in [-0.2, -0.15) is 0 Å². The number of hydrogen-bond donors (Lipinski definition) is 3. The third kappa shape index (κ3) is 7.43. The molecular weight excluding hydrogens is 268 g/mol. The third-order valence-electron chi connectivity index (χ3n) is 3.06. The zero-order valence-electron chi connectivity index (χ0n) is 12.5. The second-order valence-corrected chi connectivity index (χ2v) is 4.78. The maximum absolute atomic E-state index is 11.6. The lowest BCUT2D eigenvalue weighted by atomic mass is 10.2. The largest absolute Gasteiger partial charge is 0.341 e. The van der Waals surface area contributed by atoms with Crippen LogP contribution in [0.4, 0.5) is 4.79 Å². The number of nitrogens with two attached hydrogens (primary N) is 1. The number of nitrogens with one attached hydrogen (secondary N) is 2. The fourth-order valence-electron chi connectivity index (χ4n) is 1.94. The summed E-state index contributed by atoms with van der Waals surface area (Å²) in [5.41, 5.74) is 6.75. The van der Waals surface area contributed by atoms with Crippen LogP contribution in [0.3, 0.4) is 0 Å². The first-order chi connectivity index (χ1) is 10.2. The first-order valence-electron chi connectivity index (χ1n) is 7.13. The minimum Gasteiger partial charge on any atom is -0.341 e. The number of carbonyl (C=O) groups is 2. The normalized spacial score (nSPS) is 10.4. The Morgan fingerprint density at radius 2 is 1.90 bits per heavy atom. The van der Waals surface area contributed by atoms with Crippen molar-refractivity contribution in [2.45, 2.75) is 19.4 Å². The molecule has 21 heavy (non-hydrogen) atoms. The molecule has 0 bridgehead atoms. The highest BCUT2D eigenvalue weighted by atomic mass is 16.2. The van der Waals surface area contributed by atoms with E-state index in [0.29, 0.717) is 13.1 Å². The molecular formula is C15H24N4O2. The average molecular weight is 292 g/mol. The summed E-state index contributed by atoms with van der Waals surface area (Å²) < 4.78 is 0. The molecule has 0 aliphatic heterocycles. The molecule has 1 aromatic rings. The van der Waals surface area contributed by atoms with Crippen molar-refractivity contribution in [1.82, 2.24) is 15.5 Å². The van der Waals surface area contributed by atoms with Crippen LogP contribution in [0.2, 0.25) is 0 Å². The van der Waals surface area contributed by atoms with E-state index in [1.54, 1.807) is 0 Å². The van der Waals surface area contributed by atoms with Crippen molar-refractivity contribution in [2.75, 3.05) is 26.7 Å². The number of nitrogens with zero attached hydrogens (tertiary/aromatic N) is 1. The van der Waals surface area contributed by atoms with E-state index in [9.17, 15) is 9.59 Å². The van der Waals surface area contributed by atoms with Gasteiger partial charge in [-0.15, -0.1) is 0 Å². The Hall–Kier alpha value is -1.92. The molecule has 1 aromatic carbocycles. The molecule has 4 N–H and O–H groups in total. The molecule has 6 nitrogen and oxygen atoms in total.